The third-order valence-corrected chi connectivity index (χ3v) is 1.39. The van der Waals surface area contributed by atoms with Crippen LogP contribution in [0.1, 0.15) is 13.8 Å². The van der Waals surface area contributed by atoms with E-state index in [0.717, 1.165) is 0 Å². The lowest BCUT2D eigenvalue weighted by Crippen LogP contribution is -2.14. The molecule has 0 spiro atoms. The van der Waals surface area contributed by atoms with E-state index in [2.05, 4.69) is 0 Å². The molecule has 0 aliphatic rings. The zero-order chi connectivity index (χ0) is 6.73. The molecule has 8 heavy (non-hydrogen) atoms. The largest absolute Gasteiger partial charge is 0.281 e. The van der Waals surface area contributed by atoms with E-state index in [1.54, 1.807) is 0 Å². The van der Waals surface area contributed by atoms with Gasteiger partial charge in [-0.2, -0.15) is 0 Å². The molecule has 0 N–H and O–H groups in total. The monoisotopic (exact) mass is 138 g/mol. The van der Waals surface area contributed by atoms with Gasteiger partial charge >= 0.3 is 0 Å². The molecular formula is C5H8ClFO. The van der Waals surface area contributed by atoms with Crippen LogP contribution in [0.5, 0.6) is 0 Å². The molecule has 0 radical (unpaired) electrons. The summed E-state index contributed by atoms with van der Waals surface area (Å²) >= 11 is 4.94. The van der Waals surface area contributed by atoms with Crippen molar-refractivity contribution in [1.29, 1.82) is 0 Å². The van der Waals surface area contributed by atoms with Gasteiger partial charge in [0.25, 0.3) is 0 Å². The van der Waals surface area contributed by atoms with Gasteiger partial charge in [0, 0.05) is 0 Å². The Hall–Kier alpha value is -0.110. The molecule has 2 atom stereocenters. The van der Waals surface area contributed by atoms with Crippen molar-refractivity contribution in [3.05, 3.63) is 0 Å². The van der Waals surface area contributed by atoms with Crippen molar-refractivity contribution in [2.24, 2.45) is 5.92 Å². The molecule has 48 valence electrons. The fourth-order valence-electron chi connectivity index (χ4n) is 0.181. The lowest BCUT2D eigenvalue weighted by Gasteiger charge is -2.04. The highest BCUT2D eigenvalue weighted by Crippen LogP contribution is 2.08. The molecule has 0 aromatic heterocycles. The SMILES string of the molecule is CC(F)C(C)C(=O)Cl. The van der Waals surface area contributed by atoms with E-state index in [0.29, 0.717) is 0 Å². The van der Waals surface area contributed by atoms with Gasteiger partial charge in [-0.15, -0.1) is 0 Å². The molecule has 0 bridgehead atoms. The van der Waals surface area contributed by atoms with E-state index in [9.17, 15) is 9.18 Å². The first-order valence-corrected chi connectivity index (χ1v) is 2.77. The van der Waals surface area contributed by atoms with Gasteiger partial charge < -0.3 is 0 Å². The van der Waals surface area contributed by atoms with Crippen molar-refractivity contribution >= 4 is 16.8 Å². The van der Waals surface area contributed by atoms with E-state index in [-0.39, 0.29) is 0 Å². The van der Waals surface area contributed by atoms with E-state index in [4.69, 9.17) is 11.6 Å². The molecule has 0 aliphatic heterocycles. The summed E-state index contributed by atoms with van der Waals surface area (Å²) in [6, 6.07) is 0. The molecule has 0 aromatic rings. The molecule has 0 aromatic carbocycles. The second-order valence-electron chi connectivity index (χ2n) is 1.77. The average Bonchev–Trinajstić information content (AvgIpc) is 1.64. The molecule has 0 aliphatic carbocycles. The highest BCUT2D eigenvalue weighted by atomic mass is 35.5. The van der Waals surface area contributed by atoms with Crippen molar-refractivity contribution in [3.63, 3.8) is 0 Å². The molecule has 0 rings (SSSR count). The van der Waals surface area contributed by atoms with Gasteiger partial charge in [-0.25, -0.2) is 4.39 Å². The van der Waals surface area contributed by atoms with Gasteiger partial charge in [-0.3, -0.25) is 4.79 Å². The Bertz CT molecular complexity index is 92.4. The summed E-state index contributed by atoms with van der Waals surface area (Å²) in [5.41, 5.74) is 0. The van der Waals surface area contributed by atoms with Crippen LogP contribution in [0.25, 0.3) is 0 Å². The minimum Gasteiger partial charge on any atom is -0.281 e. The summed E-state index contributed by atoms with van der Waals surface area (Å²) in [5, 5.41) is -0.611. The molecule has 0 saturated heterocycles. The highest BCUT2D eigenvalue weighted by molar-refractivity contribution is 6.64. The number of alkyl halides is 1. The number of hydrogen-bond donors (Lipinski definition) is 0. The van der Waals surface area contributed by atoms with Gasteiger partial charge in [0.15, 0.2) is 0 Å². The number of carbonyl (C=O) groups excluding carboxylic acids is 1. The van der Waals surface area contributed by atoms with Crippen LogP contribution < -0.4 is 0 Å². The van der Waals surface area contributed by atoms with Crippen LogP contribution in [0.4, 0.5) is 4.39 Å². The first-order valence-electron chi connectivity index (χ1n) is 2.39. The Morgan fingerprint density at radius 1 is 1.62 bits per heavy atom. The van der Waals surface area contributed by atoms with Crippen molar-refractivity contribution in [2.45, 2.75) is 20.0 Å². The minimum absolute atomic E-state index is 0.611. The van der Waals surface area contributed by atoms with Gasteiger partial charge in [0.1, 0.15) is 6.17 Å². The van der Waals surface area contributed by atoms with Crippen LogP contribution in [0.3, 0.4) is 0 Å². The maximum Gasteiger partial charge on any atom is 0.227 e. The van der Waals surface area contributed by atoms with Gasteiger partial charge in [0.2, 0.25) is 5.24 Å². The van der Waals surface area contributed by atoms with E-state index in [1.807, 2.05) is 0 Å². The van der Waals surface area contributed by atoms with Crippen LogP contribution in [0.2, 0.25) is 0 Å². The van der Waals surface area contributed by atoms with Crippen molar-refractivity contribution in [2.75, 3.05) is 0 Å². The molecule has 0 amide bonds. The lowest BCUT2D eigenvalue weighted by molar-refractivity contribution is -0.116. The average molecular weight is 139 g/mol. The van der Waals surface area contributed by atoms with Gasteiger partial charge in [0.05, 0.1) is 5.92 Å². The number of rotatable bonds is 2. The highest BCUT2D eigenvalue weighted by Gasteiger charge is 2.16. The molecule has 0 saturated carbocycles. The summed E-state index contributed by atoms with van der Waals surface area (Å²) in [4.78, 5) is 10.1. The Morgan fingerprint density at radius 2 is 2.00 bits per heavy atom. The second kappa shape index (κ2) is 3.02. The molecule has 2 unspecified atom stereocenters. The van der Waals surface area contributed by atoms with Crippen molar-refractivity contribution < 1.29 is 9.18 Å². The third kappa shape index (κ3) is 2.26. The smallest absolute Gasteiger partial charge is 0.227 e. The van der Waals surface area contributed by atoms with Crippen molar-refractivity contribution in [3.8, 4) is 0 Å². The maximum atomic E-state index is 12.0. The maximum absolute atomic E-state index is 12.0. The standard InChI is InChI=1S/C5H8ClFO/c1-3(4(2)7)5(6)8/h3-4H,1-2H3. The molecule has 0 heterocycles. The molecule has 3 heteroatoms. The van der Waals surface area contributed by atoms with E-state index in [1.165, 1.54) is 13.8 Å². The van der Waals surface area contributed by atoms with Crippen LogP contribution >= 0.6 is 11.6 Å². The summed E-state index contributed by atoms with van der Waals surface area (Å²) in [6.45, 7) is 2.77. The lowest BCUT2D eigenvalue weighted by atomic mass is 10.1. The van der Waals surface area contributed by atoms with Crippen LogP contribution in [-0.4, -0.2) is 11.4 Å². The summed E-state index contributed by atoms with van der Waals surface area (Å²) in [5.74, 6) is -0.670. The fourth-order valence-corrected chi connectivity index (χ4v) is 0.354. The van der Waals surface area contributed by atoms with E-state index < -0.39 is 17.3 Å². The fraction of sp³-hybridized carbons (Fsp3) is 0.800. The topological polar surface area (TPSA) is 17.1 Å². The predicted octanol–water partition coefficient (Wildman–Crippen LogP) is 1.75. The summed E-state index contributed by atoms with van der Waals surface area (Å²) in [6.07, 6.45) is -1.14. The Kier molecular flexibility index (Phi) is 2.98. The molecule has 1 nitrogen and oxygen atoms in total. The number of carbonyl (C=O) groups is 1. The van der Waals surface area contributed by atoms with Crippen LogP contribution in [0, 0.1) is 5.92 Å². The summed E-state index contributed by atoms with van der Waals surface area (Å²) < 4.78 is 12.0. The van der Waals surface area contributed by atoms with Gasteiger partial charge in [-0.1, -0.05) is 6.92 Å². The zero-order valence-electron chi connectivity index (χ0n) is 4.82. The Balaban J connectivity index is 3.64. The third-order valence-electron chi connectivity index (χ3n) is 1.05. The number of hydrogen-bond acceptors (Lipinski definition) is 1. The Labute approximate surface area is 52.8 Å². The van der Waals surface area contributed by atoms with Gasteiger partial charge in [-0.05, 0) is 18.5 Å². The Morgan fingerprint density at radius 3 is 2.00 bits per heavy atom. The van der Waals surface area contributed by atoms with E-state index >= 15 is 0 Å². The second-order valence-corrected chi connectivity index (χ2v) is 2.14. The first kappa shape index (κ1) is 7.89. The summed E-state index contributed by atoms with van der Waals surface area (Å²) in [7, 11) is 0. The zero-order valence-corrected chi connectivity index (χ0v) is 5.57. The molecular weight excluding hydrogens is 131 g/mol. The first-order chi connectivity index (χ1) is 3.55. The van der Waals surface area contributed by atoms with Crippen molar-refractivity contribution in [1.82, 2.24) is 0 Å². The van der Waals surface area contributed by atoms with Crippen LogP contribution in [-0.2, 0) is 4.79 Å². The number of halogens is 2. The quantitative estimate of drug-likeness (QED) is 0.532. The predicted molar refractivity (Wildman–Crippen MR) is 30.6 cm³/mol. The normalized spacial score (nSPS) is 17.5. The van der Waals surface area contributed by atoms with Crippen LogP contribution in [0.15, 0.2) is 0 Å². The molecule has 0 fully saturated rings. The minimum atomic E-state index is -1.14.